The molecule has 6 heteroatoms. The highest BCUT2D eigenvalue weighted by molar-refractivity contribution is 14.0. The van der Waals surface area contributed by atoms with Gasteiger partial charge in [-0.3, -0.25) is 9.89 Å². The monoisotopic (exact) mass is 501 g/mol. The number of benzene rings is 1. The van der Waals surface area contributed by atoms with Crippen LogP contribution in [-0.4, -0.2) is 61.6 Å². The van der Waals surface area contributed by atoms with Crippen molar-refractivity contribution in [2.24, 2.45) is 4.99 Å². The number of hydrogen-bond acceptors (Lipinski definition) is 3. The lowest BCUT2D eigenvalue weighted by Gasteiger charge is -2.32. The molecule has 1 fully saturated rings. The molecular formula is C22H40IN5. The summed E-state index contributed by atoms with van der Waals surface area (Å²) in [6.45, 7) is 14.3. The molecule has 1 aromatic carbocycles. The summed E-state index contributed by atoms with van der Waals surface area (Å²) in [7, 11) is 1.86. The molecule has 0 saturated carbocycles. The van der Waals surface area contributed by atoms with Crippen LogP contribution in [0.4, 0.5) is 0 Å². The Labute approximate surface area is 189 Å². The van der Waals surface area contributed by atoms with Gasteiger partial charge in [0.1, 0.15) is 0 Å². The first-order valence-electron chi connectivity index (χ1n) is 10.7. The van der Waals surface area contributed by atoms with Gasteiger partial charge in [0, 0.05) is 39.3 Å². The molecule has 2 rings (SSSR count). The van der Waals surface area contributed by atoms with E-state index < -0.39 is 0 Å². The Morgan fingerprint density at radius 1 is 1.11 bits per heavy atom. The van der Waals surface area contributed by atoms with Crippen molar-refractivity contribution < 1.29 is 0 Å². The predicted octanol–water partition coefficient (Wildman–Crippen LogP) is 3.69. The molecule has 1 heterocycles. The maximum Gasteiger partial charge on any atom is 0.191 e. The average Bonchev–Trinajstić information content (AvgIpc) is 2.71. The smallest absolute Gasteiger partial charge is 0.191 e. The van der Waals surface area contributed by atoms with Crippen molar-refractivity contribution in [3.63, 3.8) is 0 Å². The lowest BCUT2D eigenvalue weighted by atomic mass is 10.0. The van der Waals surface area contributed by atoms with E-state index in [0.717, 1.165) is 32.1 Å². The highest BCUT2D eigenvalue weighted by atomic mass is 127. The molecule has 0 amide bonds. The van der Waals surface area contributed by atoms with Crippen molar-refractivity contribution in [1.29, 1.82) is 0 Å². The van der Waals surface area contributed by atoms with E-state index >= 15 is 0 Å². The van der Waals surface area contributed by atoms with Crippen molar-refractivity contribution in [3.8, 4) is 0 Å². The van der Waals surface area contributed by atoms with E-state index in [0.29, 0.717) is 6.04 Å². The van der Waals surface area contributed by atoms with Crippen LogP contribution in [0.3, 0.4) is 0 Å². The summed E-state index contributed by atoms with van der Waals surface area (Å²) < 4.78 is 0. The molecule has 0 radical (unpaired) electrons. The van der Waals surface area contributed by atoms with Crippen LogP contribution in [-0.2, 0) is 13.1 Å². The molecule has 1 aliphatic rings. The van der Waals surface area contributed by atoms with Gasteiger partial charge in [0.2, 0.25) is 0 Å². The van der Waals surface area contributed by atoms with Crippen LogP contribution < -0.4 is 10.6 Å². The van der Waals surface area contributed by atoms with Gasteiger partial charge in [-0.15, -0.1) is 24.0 Å². The Morgan fingerprint density at radius 3 is 2.32 bits per heavy atom. The third kappa shape index (κ3) is 8.25. The van der Waals surface area contributed by atoms with Crippen LogP contribution >= 0.6 is 24.0 Å². The van der Waals surface area contributed by atoms with Crippen molar-refractivity contribution in [2.75, 3.05) is 39.8 Å². The SMILES string of the molecule is CCCN1CCC(NC(=NC)NCc2ccccc2CN(CC)CC)CC1.I. The highest BCUT2D eigenvalue weighted by Gasteiger charge is 2.19. The summed E-state index contributed by atoms with van der Waals surface area (Å²) >= 11 is 0. The Balaban J connectivity index is 0.00000392. The zero-order valence-corrected chi connectivity index (χ0v) is 20.5. The molecule has 0 spiro atoms. The number of nitrogens with zero attached hydrogens (tertiary/aromatic N) is 3. The van der Waals surface area contributed by atoms with Crippen molar-refractivity contribution in [1.82, 2.24) is 20.4 Å². The minimum atomic E-state index is 0. The average molecular weight is 502 g/mol. The van der Waals surface area contributed by atoms with E-state index in [1.54, 1.807) is 0 Å². The fourth-order valence-electron chi connectivity index (χ4n) is 3.76. The lowest BCUT2D eigenvalue weighted by Crippen LogP contribution is -2.48. The van der Waals surface area contributed by atoms with Crippen LogP contribution in [0.1, 0.15) is 51.2 Å². The maximum absolute atomic E-state index is 4.45. The number of rotatable bonds is 9. The van der Waals surface area contributed by atoms with Gasteiger partial charge >= 0.3 is 0 Å². The van der Waals surface area contributed by atoms with Gasteiger partial charge in [0.25, 0.3) is 0 Å². The summed E-state index contributed by atoms with van der Waals surface area (Å²) in [5.41, 5.74) is 2.75. The van der Waals surface area contributed by atoms with Crippen molar-refractivity contribution >= 4 is 29.9 Å². The van der Waals surface area contributed by atoms with Gasteiger partial charge in [-0.1, -0.05) is 45.0 Å². The number of halogens is 1. The molecule has 1 aliphatic heterocycles. The van der Waals surface area contributed by atoms with Gasteiger partial charge < -0.3 is 15.5 Å². The van der Waals surface area contributed by atoms with Crippen LogP contribution in [0.5, 0.6) is 0 Å². The van der Waals surface area contributed by atoms with Gasteiger partial charge in [-0.05, 0) is 50.0 Å². The van der Waals surface area contributed by atoms with Crippen LogP contribution in [0.25, 0.3) is 0 Å². The second-order valence-electron chi connectivity index (χ2n) is 7.42. The second kappa shape index (κ2) is 14.2. The Morgan fingerprint density at radius 2 is 1.75 bits per heavy atom. The molecule has 0 aliphatic carbocycles. The van der Waals surface area contributed by atoms with E-state index in [-0.39, 0.29) is 24.0 Å². The Hall–Kier alpha value is -0.860. The number of nitrogens with one attached hydrogen (secondary N) is 2. The van der Waals surface area contributed by atoms with Crippen molar-refractivity contribution in [3.05, 3.63) is 35.4 Å². The molecule has 0 atom stereocenters. The summed E-state index contributed by atoms with van der Waals surface area (Å²) in [6, 6.07) is 9.26. The van der Waals surface area contributed by atoms with Crippen LogP contribution in [0.2, 0.25) is 0 Å². The van der Waals surface area contributed by atoms with Crippen LogP contribution in [0, 0.1) is 0 Å². The largest absolute Gasteiger partial charge is 0.354 e. The quantitative estimate of drug-likeness (QED) is 0.308. The van der Waals surface area contributed by atoms with E-state index in [4.69, 9.17) is 0 Å². The lowest BCUT2D eigenvalue weighted by molar-refractivity contribution is 0.206. The molecule has 0 aromatic heterocycles. The van der Waals surface area contributed by atoms with E-state index in [1.165, 1.54) is 50.0 Å². The fraction of sp³-hybridized carbons (Fsp3) is 0.682. The normalized spacial score (nSPS) is 16.1. The third-order valence-electron chi connectivity index (χ3n) is 5.54. The summed E-state index contributed by atoms with van der Waals surface area (Å²) in [6.07, 6.45) is 3.63. The number of piperidine rings is 1. The van der Waals surface area contributed by atoms with Crippen molar-refractivity contribution in [2.45, 2.75) is 59.2 Å². The fourth-order valence-corrected chi connectivity index (χ4v) is 3.76. The standard InChI is InChI=1S/C22H39N5.HI/c1-5-14-27-15-12-21(13-16-27)25-22(23-4)24-17-19-10-8-9-11-20(19)18-26(6-2)7-3;/h8-11,21H,5-7,12-18H2,1-4H3,(H2,23,24,25);1H. The van der Waals surface area contributed by atoms with Gasteiger partial charge in [-0.25, -0.2) is 0 Å². The molecule has 0 unspecified atom stereocenters. The number of guanidine groups is 1. The minimum absolute atomic E-state index is 0. The number of hydrogen-bond donors (Lipinski definition) is 2. The number of likely N-dealkylation sites (tertiary alicyclic amines) is 1. The molecule has 1 saturated heterocycles. The molecule has 0 bridgehead atoms. The maximum atomic E-state index is 4.45. The van der Waals surface area contributed by atoms with Gasteiger partial charge in [-0.2, -0.15) is 0 Å². The molecule has 1 aromatic rings. The molecule has 5 nitrogen and oxygen atoms in total. The molecule has 28 heavy (non-hydrogen) atoms. The van der Waals surface area contributed by atoms with Gasteiger partial charge in [0.05, 0.1) is 0 Å². The van der Waals surface area contributed by atoms with Gasteiger partial charge in [0.15, 0.2) is 5.96 Å². The predicted molar refractivity (Wildman–Crippen MR) is 132 cm³/mol. The zero-order valence-electron chi connectivity index (χ0n) is 18.2. The Kier molecular flexibility index (Phi) is 12.7. The summed E-state index contributed by atoms with van der Waals surface area (Å²) in [5, 5.41) is 7.15. The zero-order chi connectivity index (χ0) is 19.5. The highest BCUT2D eigenvalue weighted by Crippen LogP contribution is 2.13. The summed E-state index contributed by atoms with van der Waals surface area (Å²) in [5.74, 6) is 0.918. The first-order valence-corrected chi connectivity index (χ1v) is 10.7. The molecule has 2 N–H and O–H groups in total. The van der Waals surface area contributed by atoms with Crippen LogP contribution in [0.15, 0.2) is 29.3 Å². The third-order valence-corrected chi connectivity index (χ3v) is 5.54. The molecule has 160 valence electrons. The summed E-state index contributed by atoms with van der Waals surface area (Å²) in [4.78, 5) is 9.47. The van der Waals surface area contributed by atoms with E-state index in [9.17, 15) is 0 Å². The topological polar surface area (TPSA) is 42.9 Å². The first kappa shape index (κ1) is 25.2. The molecular weight excluding hydrogens is 461 g/mol. The van der Waals surface area contributed by atoms with E-state index in [2.05, 4.69) is 70.5 Å². The first-order chi connectivity index (χ1) is 13.2. The second-order valence-corrected chi connectivity index (χ2v) is 7.42. The number of aliphatic imine (C=N–C) groups is 1. The Bertz CT molecular complexity index is 566. The minimum Gasteiger partial charge on any atom is -0.354 e. The van der Waals surface area contributed by atoms with E-state index in [1.807, 2.05) is 7.05 Å².